The Morgan fingerprint density at radius 3 is 3.00 bits per heavy atom. The molecule has 1 aromatic heterocycles. The Morgan fingerprint density at radius 2 is 2.31 bits per heavy atom. The Hall–Kier alpha value is -0.700. The van der Waals surface area contributed by atoms with Crippen LogP contribution in [-0.4, -0.2) is 22.0 Å². The maximum atomic E-state index is 4.39. The van der Waals surface area contributed by atoms with Crippen molar-refractivity contribution < 1.29 is 0 Å². The third kappa shape index (κ3) is 3.14. The molecule has 0 aromatic carbocycles. The van der Waals surface area contributed by atoms with Gasteiger partial charge in [-0.2, -0.15) is 11.8 Å². The van der Waals surface area contributed by atoms with Gasteiger partial charge in [-0.1, -0.05) is 13.0 Å². The lowest BCUT2D eigenvalue weighted by Crippen LogP contribution is -2.16. The topological polar surface area (TPSA) is 24.9 Å². The molecule has 1 N–H and O–H groups in total. The molecule has 0 radical (unpaired) electrons. The van der Waals surface area contributed by atoms with Gasteiger partial charge in [-0.3, -0.25) is 0 Å². The molecule has 1 aliphatic carbocycles. The van der Waals surface area contributed by atoms with Gasteiger partial charge < -0.3 is 5.32 Å². The number of anilines is 1. The van der Waals surface area contributed by atoms with Crippen LogP contribution in [0, 0.1) is 6.92 Å². The first kappa shape index (κ1) is 11.8. The Bertz CT molecular complexity index is 323. The molecule has 1 aromatic rings. The number of nitrogens with zero attached hydrogens (tertiary/aromatic N) is 1. The third-order valence-electron chi connectivity index (χ3n) is 3.05. The standard InChI is InChI=1S/C13H20N2S/c1-3-16-12-6-5-11(8-12)15-13-7-4-10(2)9-14-13/h4,7,9,11-12H,3,5-6,8H2,1-2H3,(H,14,15). The maximum absolute atomic E-state index is 4.39. The average molecular weight is 236 g/mol. The van der Waals surface area contributed by atoms with Crippen LogP contribution in [0.1, 0.15) is 31.7 Å². The van der Waals surface area contributed by atoms with E-state index in [-0.39, 0.29) is 0 Å². The highest BCUT2D eigenvalue weighted by Crippen LogP contribution is 2.31. The van der Waals surface area contributed by atoms with Crippen LogP contribution in [0.5, 0.6) is 0 Å². The van der Waals surface area contributed by atoms with E-state index >= 15 is 0 Å². The van der Waals surface area contributed by atoms with Crippen LogP contribution in [0.15, 0.2) is 18.3 Å². The van der Waals surface area contributed by atoms with Crippen LogP contribution < -0.4 is 5.32 Å². The number of hydrogen-bond acceptors (Lipinski definition) is 3. The van der Waals surface area contributed by atoms with Crippen LogP contribution in [0.3, 0.4) is 0 Å². The van der Waals surface area contributed by atoms with Crippen LogP contribution in [0.25, 0.3) is 0 Å². The summed E-state index contributed by atoms with van der Waals surface area (Å²) in [7, 11) is 0. The van der Waals surface area contributed by atoms with Crippen LogP contribution in [-0.2, 0) is 0 Å². The van der Waals surface area contributed by atoms with Crippen molar-refractivity contribution in [3.63, 3.8) is 0 Å². The Kier molecular flexibility index (Phi) is 4.10. The molecule has 1 fully saturated rings. The van der Waals surface area contributed by atoms with Gasteiger partial charge in [-0.15, -0.1) is 0 Å². The third-order valence-corrected chi connectivity index (χ3v) is 4.28. The zero-order chi connectivity index (χ0) is 11.4. The Morgan fingerprint density at radius 1 is 1.44 bits per heavy atom. The second-order valence-corrected chi connectivity index (χ2v) is 6.03. The van der Waals surface area contributed by atoms with Crippen molar-refractivity contribution in [2.45, 2.75) is 44.4 Å². The molecule has 2 atom stereocenters. The number of thioether (sulfide) groups is 1. The fourth-order valence-corrected chi connectivity index (χ4v) is 3.36. The second-order valence-electron chi connectivity index (χ2n) is 4.45. The molecule has 2 rings (SSSR count). The van der Waals surface area contributed by atoms with Gasteiger partial charge in [0.1, 0.15) is 5.82 Å². The van der Waals surface area contributed by atoms with Gasteiger partial charge in [0.15, 0.2) is 0 Å². The van der Waals surface area contributed by atoms with Crippen molar-refractivity contribution >= 4 is 17.6 Å². The minimum absolute atomic E-state index is 0.624. The summed E-state index contributed by atoms with van der Waals surface area (Å²) in [5.41, 5.74) is 1.22. The predicted octanol–water partition coefficient (Wildman–Crippen LogP) is 3.48. The summed E-state index contributed by atoms with van der Waals surface area (Å²) in [4.78, 5) is 4.39. The highest BCUT2D eigenvalue weighted by Gasteiger charge is 2.24. The summed E-state index contributed by atoms with van der Waals surface area (Å²) in [6.45, 7) is 4.31. The molecule has 3 heteroatoms. The normalized spacial score (nSPS) is 24.6. The van der Waals surface area contributed by atoms with E-state index in [9.17, 15) is 0 Å². The average Bonchev–Trinajstić information content (AvgIpc) is 2.70. The van der Waals surface area contributed by atoms with E-state index in [0.717, 1.165) is 11.1 Å². The first-order valence-electron chi connectivity index (χ1n) is 6.08. The Labute approximate surface area is 102 Å². The lowest BCUT2D eigenvalue weighted by Gasteiger charge is -2.13. The quantitative estimate of drug-likeness (QED) is 0.866. The van der Waals surface area contributed by atoms with E-state index in [1.807, 2.05) is 6.20 Å². The van der Waals surface area contributed by atoms with E-state index < -0.39 is 0 Å². The van der Waals surface area contributed by atoms with Crippen molar-refractivity contribution in [3.8, 4) is 0 Å². The Balaban J connectivity index is 1.84. The highest BCUT2D eigenvalue weighted by molar-refractivity contribution is 7.99. The van der Waals surface area contributed by atoms with Crippen LogP contribution in [0.2, 0.25) is 0 Å². The van der Waals surface area contributed by atoms with E-state index in [1.165, 1.54) is 30.6 Å². The predicted molar refractivity (Wildman–Crippen MR) is 72.2 cm³/mol. The van der Waals surface area contributed by atoms with E-state index in [4.69, 9.17) is 0 Å². The van der Waals surface area contributed by atoms with Gasteiger partial charge >= 0.3 is 0 Å². The van der Waals surface area contributed by atoms with Crippen molar-refractivity contribution in [3.05, 3.63) is 23.9 Å². The molecular formula is C13H20N2S. The number of aryl methyl sites for hydroxylation is 1. The molecule has 88 valence electrons. The number of hydrogen-bond donors (Lipinski definition) is 1. The fraction of sp³-hybridized carbons (Fsp3) is 0.615. The first-order chi connectivity index (χ1) is 7.78. The van der Waals surface area contributed by atoms with Crippen molar-refractivity contribution in [2.75, 3.05) is 11.1 Å². The lowest BCUT2D eigenvalue weighted by molar-refractivity contribution is 0.752. The van der Waals surface area contributed by atoms with Gasteiger partial charge in [0.05, 0.1) is 0 Å². The molecule has 1 aliphatic rings. The first-order valence-corrected chi connectivity index (χ1v) is 7.13. The number of aromatic nitrogens is 1. The van der Waals surface area contributed by atoms with E-state index in [1.54, 1.807) is 0 Å². The maximum Gasteiger partial charge on any atom is 0.126 e. The molecule has 16 heavy (non-hydrogen) atoms. The monoisotopic (exact) mass is 236 g/mol. The lowest BCUT2D eigenvalue weighted by atomic mass is 10.2. The van der Waals surface area contributed by atoms with E-state index in [0.29, 0.717) is 6.04 Å². The molecule has 0 bridgehead atoms. The number of nitrogens with one attached hydrogen (secondary N) is 1. The summed E-state index contributed by atoms with van der Waals surface area (Å²) in [5, 5.41) is 4.39. The van der Waals surface area contributed by atoms with Crippen molar-refractivity contribution in [1.29, 1.82) is 0 Å². The fourth-order valence-electron chi connectivity index (χ4n) is 2.22. The minimum Gasteiger partial charge on any atom is -0.367 e. The van der Waals surface area contributed by atoms with Crippen LogP contribution in [0.4, 0.5) is 5.82 Å². The number of rotatable bonds is 4. The van der Waals surface area contributed by atoms with E-state index in [2.05, 4.69) is 48.0 Å². The van der Waals surface area contributed by atoms with Crippen molar-refractivity contribution in [1.82, 2.24) is 4.98 Å². The van der Waals surface area contributed by atoms with Gasteiger partial charge in [0.25, 0.3) is 0 Å². The smallest absolute Gasteiger partial charge is 0.126 e. The van der Waals surface area contributed by atoms with Gasteiger partial charge in [0, 0.05) is 17.5 Å². The number of pyridine rings is 1. The molecule has 0 aliphatic heterocycles. The molecule has 2 unspecified atom stereocenters. The molecular weight excluding hydrogens is 216 g/mol. The molecule has 1 heterocycles. The summed E-state index contributed by atoms with van der Waals surface area (Å²) in [5.74, 6) is 2.26. The van der Waals surface area contributed by atoms with Gasteiger partial charge in [0.2, 0.25) is 0 Å². The SMILES string of the molecule is CCSC1CCC(Nc2ccc(C)cn2)C1. The molecule has 0 amide bonds. The van der Waals surface area contributed by atoms with Crippen LogP contribution >= 0.6 is 11.8 Å². The summed E-state index contributed by atoms with van der Waals surface area (Å²) >= 11 is 2.10. The largest absolute Gasteiger partial charge is 0.367 e. The zero-order valence-electron chi connectivity index (χ0n) is 10.1. The molecule has 1 saturated carbocycles. The van der Waals surface area contributed by atoms with Crippen molar-refractivity contribution in [2.24, 2.45) is 0 Å². The summed E-state index contributed by atoms with van der Waals surface area (Å²) in [6.07, 6.45) is 5.85. The second kappa shape index (κ2) is 5.58. The minimum atomic E-state index is 0.624. The zero-order valence-corrected chi connectivity index (χ0v) is 10.9. The molecule has 0 saturated heterocycles. The summed E-state index contributed by atoms with van der Waals surface area (Å²) < 4.78 is 0. The van der Waals surface area contributed by atoms with Gasteiger partial charge in [-0.25, -0.2) is 4.98 Å². The molecule has 2 nitrogen and oxygen atoms in total. The summed E-state index contributed by atoms with van der Waals surface area (Å²) in [6, 6.07) is 4.82. The highest BCUT2D eigenvalue weighted by atomic mass is 32.2. The molecule has 0 spiro atoms. The van der Waals surface area contributed by atoms with Gasteiger partial charge in [-0.05, 0) is 43.6 Å².